The molecule has 1 aromatic rings. The van der Waals surface area contributed by atoms with Crippen LogP contribution in [0.5, 0.6) is 5.75 Å². The molecule has 2 heterocycles. The average molecular weight is 529 g/mol. The predicted octanol–water partition coefficient (Wildman–Crippen LogP) is 5.55. The first-order chi connectivity index (χ1) is 17.3. The zero-order valence-electron chi connectivity index (χ0n) is 25.3. The third-order valence-corrected chi connectivity index (χ3v) is 9.17. The van der Waals surface area contributed by atoms with E-state index in [9.17, 15) is 14.7 Å². The molecule has 0 spiro atoms. The number of hydrogen-bond acceptors (Lipinski definition) is 7. The van der Waals surface area contributed by atoms with Crippen molar-refractivity contribution in [2.24, 2.45) is 0 Å². The van der Waals surface area contributed by atoms with E-state index in [4.69, 9.17) is 9.47 Å². The number of carbonyl (C=O) groups is 2. The Morgan fingerprint density at radius 2 is 1.03 bits per heavy atom. The molecule has 0 amide bonds. The fourth-order valence-electron chi connectivity index (χ4n) is 6.39. The highest BCUT2D eigenvalue weighted by atomic mass is 16.6. The average Bonchev–Trinajstić information content (AvgIpc) is 2.75. The van der Waals surface area contributed by atoms with Gasteiger partial charge in [0.25, 0.3) is 0 Å². The quantitative estimate of drug-likeness (QED) is 0.232. The van der Waals surface area contributed by atoms with Crippen LogP contribution in [0.4, 0.5) is 0 Å². The van der Waals surface area contributed by atoms with E-state index in [0.717, 1.165) is 0 Å². The molecule has 0 unspecified atom stereocenters. The molecule has 7 nitrogen and oxygen atoms in total. The van der Waals surface area contributed by atoms with Crippen LogP contribution in [0.3, 0.4) is 0 Å². The summed E-state index contributed by atoms with van der Waals surface area (Å²) in [5.74, 6) is -1.21. The molecular weight excluding hydrogens is 480 g/mol. The third kappa shape index (κ3) is 6.26. The number of likely N-dealkylation sites (tertiary alicyclic amines) is 2. The molecule has 0 aromatic heterocycles. The van der Waals surface area contributed by atoms with E-state index in [1.807, 2.05) is 0 Å². The number of hydrogen-bond donors (Lipinski definition) is 1. The van der Waals surface area contributed by atoms with Gasteiger partial charge in [0.2, 0.25) is 0 Å². The molecule has 0 saturated carbocycles. The van der Waals surface area contributed by atoms with Crippen LogP contribution in [0.25, 0.3) is 5.57 Å². The van der Waals surface area contributed by atoms with Gasteiger partial charge >= 0.3 is 11.9 Å². The SMILES string of the molecule is CC(=C(C(=O)OC1CC(C)(C)N(C)C(C)(C)C1)C(=O)OC1CC(C)(C)N(C)C(C)(C)C1)c1ccc(O)cc1. The Hall–Kier alpha value is -2.38. The van der Waals surface area contributed by atoms with Gasteiger partial charge in [0.05, 0.1) is 0 Å². The predicted molar refractivity (Wildman–Crippen MR) is 151 cm³/mol. The number of nitrogens with zero attached hydrogens (tertiary/aromatic N) is 2. The van der Waals surface area contributed by atoms with Gasteiger partial charge in [-0.2, -0.15) is 0 Å². The maximum absolute atomic E-state index is 13.7. The van der Waals surface area contributed by atoms with E-state index in [1.165, 1.54) is 12.1 Å². The van der Waals surface area contributed by atoms with E-state index < -0.39 is 11.9 Å². The van der Waals surface area contributed by atoms with Crippen LogP contribution in [0.2, 0.25) is 0 Å². The second-order valence-electron chi connectivity index (χ2n) is 13.8. The maximum Gasteiger partial charge on any atom is 0.346 e. The smallest absolute Gasteiger partial charge is 0.346 e. The largest absolute Gasteiger partial charge is 0.508 e. The minimum atomic E-state index is -0.659. The minimum absolute atomic E-state index is 0.0835. The molecule has 3 rings (SSSR count). The summed E-state index contributed by atoms with van der Waals surface area (Å²) in [6, 6.07) is 6.46. The molecule has 2 aliphatic heterocycles. The molecule has 212 valence electrons. The topological polar surface area (TPSA) is 79.3 Å². The number of aromatic hydroxyl groups is 1. The highest BCUT2D eigenvalue weighted by Crippen LogP contribution is 2.40. The van der Waals surface area contributed by atoms with Gasteiger partial charge < -0.3 is 14.6 Å². The van der Waals surface area contributed by atoms with Crippen LogP contribution in [0, 0.1) is 0 Å². The summed E-state index contributed by atoms with van der Waals surface area (Å²) in [6.07, 6.45) is 1.99. The van der Waals surface area contributed by atoms with Gasteiger partial charge in [-0.3, -0.25) is 9.80 Å². The number of piperidine rings is 2. The summed E-state index contributed by atoms with van der Waals surface area (Å²) in [5, 5.41) is 9.76. The Balaban J connectivity index is 1.93. The van der Waals surface area contributed by atoms with Crippen molar-refractivity contribution in [1.82, 2.24) is 9.80 Å². The maximum atomic E-state index is 13.7. The molecule has 2 saturated heterocycles. The fraction of sp³-hybridized carbons (Fsp3) is 0.677. The van der Waals surface area contributed by atoms with E-state index in [-0.39, 0.29) is 45.7 Å². The van der Waals surface area contributed by atoms with E-state index in [1.54, 1.807) is 19.1 Å². The second kappa shape index (κ2) is 10.3. The Bertz CT molecular complexity index is 990. The van der Waals surface area contributed by atoms with Crippen LogP contribution in [0.15, 0.2) is 29.8 Å². The monoisotopic (exact) mass is 528 g/mol. The summed E-state index contributed by atoms with van der Waals surface area (Å²) >= 11 is 0. The third-order valence-electron chi connectivity index (χ3n) is 9.17. The summed E-state index contributed by atoms with van der Waals surface area (Å²) in [4.78, 5) is 32.1. The molecule has 7 heteroatoms. The Morgan fingerprint density at radius 3 is 1.34 bits per heavy atom. The van der Waals surface area contributed by atoms with Crippen LogP contribution < -0.4 is 0 Å². The zero-order valence-corrected chi connectivity index (χ0v) is 25.3. The Labute approximate surface area is 229 Å². The van der Waals surface area contributed by atoms with Gasteiger partial charge in [-0.15, -0.1) is 0 Å². The van der Waals surface area contributed by atoms with Crippen molar-refractivity contribution < 1.29 is 24.2 Å². The highest BCUT2D eigenvalue weighted by Gasteiger charge is 2.47. The first-order valence-corrected chi connectivity index (χ1v) is 13.7. The van der Waals surface area contributed by atoms with Crippen LogP contribution in [-0.4, -0.2) is 75.3 Å². The number of ether oxygens (including phenoxy) is 2. The molecule has 2 fully saturated rings. The standard InChI is InChI=1S/C31H48N2O5/c1-20(21-12-14-22(34)15-13-21)25(26(35)37-23-16-28(2,3)32(10)29(4,5)17-23)27(36)38-24-18-30(6,7)33(11)31(8,9)19-24/h12-15,23-24,34H,16-19H2,1-11H3. The Kier molecular flexibility index (Phi) is 8.18. The first kappa shape index (κ1) is 30.2. The lowest BCUT2D eigenvalue weighted by Crippen LogP contribution is -2.60. The number of phenolic OH excluding ortho intramolecular Hbond substituents is 1. The van der Waals surface area contributed by atoms with Crippen LogP contribution >= 0.6 is 0 Å². The van der Waals surface area contributed by atoms with E-state index in [0.29, 0.717) is 36.8 Å². The molecule has 38 heavy (non-hydrogen) atoms. The number of allylic oxidation sites excluding steroid dienone is 1. The molecular formula is C31H48N2O5. The van der Waals surface area contributed by atoms with Crippen molar-refractivity contribution in [3.8, 4) is 5.75 Å². The lowest BCUT2D eigenvalue weighted by Gasteiger charge is -2.53. The molecule has 2 aliphatic rings. The van der Waals surface area contributed by atoms with E-state index in [2.05, 4.69) is 79.3 Å². The summed E-state index contributed by atoms with van der Waals surface area (Å²) in [7, 11) is 4.20. The zero-order chi connectivity index (χ0) is 28.8. The number of rotatable bonds is 5. The molecule has 0 aliphatic carbocycles. The number of benzene rings is 1. The van der Waals surface area contributed by atoms with Crippen molar-refractivity contribution in [3.63, 3.8) is 0 Å². The van der Waals surface area contributed by atoms with Gasteiger partial charge in [0.1, 0.15) is 23.5 Å². The van der Waals surface area contributed by atoms with Crippen molar-refractivity contribution in [3.05, 3.63) is 35.4 Å². The van der Waals surface area contributed by atoms with Gasteiger partial charge in [-0.25, -0.2) is 9.59 Å². The number of phenols is 1. The summed E-state index contributed by atoms with van der Waals surface area (Å²) < 4.78 is 12.1. The van der Waals surface area contributed by atoms with Crippen molar-refractivity contribution >= 4 is 17.5 Å². The first-order valence-electron chi connectivity index (χ1n) is 13.7. The summed E-state index contributed by atoms with van der Waals surface area (Å²) in [5.41, 5.74) is 0.350. The molecule has 1 N–H and O–H groups in total. The number of esters is 2. The Morgan fingerprint density at radius 1 is 0.711 bits per heavy atom. The normalized spacial score (nSPS) is 23.4. The van der Waals surface area contributed by atoms with Gasteiger partial charge in [0, 0.05) is 47.8 Å². The number of carbonyl (C=O) groups excluding carboxylic acids is 2. The van der Waals surface area contributed by atoms with Crippen molar-refractivity contribution in [2.45, 2.75) is 122 Å². The van der Waals surface area contributed by atoms with Gasteiger partial charge in [0.15, 0.2) is 0 Å². The highest BCUT2D eigenvalue weighted by molar-refractivity contribution is 6.19. The van der Waals surface area contributed by atoms with E-state index >= 15 is 0 Å². The van der Waals surface area contributed by atoms with Crippen LogP contribution in [0.1, 0.15) is 93.6 Å². The second-order valence-corrected chi connectivity index (χ2v) is 13.8. The summed E-state index contributed by atoms with van der Waals surface area (Å²) in [6.45, 7) is 18.9. The lowest BCUT2D eigenvalue weighted by atomic mass is 9.78. The van der Waals surface area contributed by atoms with Crippen molar-refractivity contribution in [1.29, 1.82) is 0 Å². The van der Waals surface area contributed by atoms with Crippen molar-refractivity contribution in [2.75, 3.05) is 14.1 Å². The molecule has 0 bridgehead atoms. The minimum Gasteiger partial charge on any atom is -0.508 e. The fourth-order valence-corrected chi connectivity index (χ4v) is 6.39. The molecule has 1 aromatic carbocycles. The van der Waals surface area contributed by atoms with Gasteiger partial charge in [-0.05, 0) is 99.7 Å². The van der Waals surface area contributed by atoms with Gasteiger partial charge in [-0.1, -0.05) is 12.1 Å². The van der Waals surface area contributed by atoms with Crippen LogP contribution in [-0.2, 0) is 19.1 Å². The molecule has 0 atom stereocenters. The molecule has 0 radical (unpaired) electrons. The lowest BCUT2D eigenvalue weighted by molar-refractivity contribution is -0.162.